The first-order valence-electron chi connectivity index (χ1n) is 30.6. The molecule has 0 unspecified atom stereocenters. The SMILES string of the molecule is CO[C@@H]1[C@@H](O)[C@H](O[C@@H]2[C@@H](C)O[C@@H](O[C@H]3[C@@H](OC)C[C@H](O[C@H]4[C@@H](OC)C[C@H](O[C@H]5CC[C@@]6(C)C(=CC[C@]7(O)[C@@H]6C[C@@H](OC(=O)/C=C/c6ccccc6)[C@@]6(C)[C@]7(O)CC[C@@]6(O)[C@H](C)OC(=O)c6cccnc6)C5)O[C@@H]4C)O[C@@H]3C)C[C@H]2OC)O[C@H](C)[C@H]1O. The highest BCUT2D eigenvalue weighted by molar-refractivity contribution is 5.89. The van der Waals surface area contributed by atoms with E-state index in [1.807, 2.05) is 57.2 Å². The van der Waals surface area contributed by atoms with E-state index in [0.717, 1.165) is 11.1 Å². The Morgan fingerprint density at radius 1 is 0.686 bits per heavy atom. The third-order valence-corrected chi connectivity index (χ3v) is 21.0. The van der Waals surface area contributed by atoms with Crippen LogP contribution in [0.15, 0.2) is 72.6 Å². The van der Waals surface area contributed by atoms with E-state index < -0.39 is 162 Å². The highest BCUT2D eigenvalue weighted by Crippen LogP contribution is 2.71. The Hall–Kier alpha value is -3.89. The predicted octanol–water partition coefficient (Wildman–Crippen LogP) is 5.26. The summed E-state index contributed by atoms with van der Waals surface area (Å²) < 4.78 is 87.4. The minimum Gasteiger partial charge on any atom is -0.458 e. The monoisotopic (exact) mass is 1210 g/mol. The number of aromatic nitrogens is 1. The van der Waals surface area contributed by atoms with Crippen molar-refractivity contribution >= 4 is 18.0 Å². The number of benzene rings is 1. The number of hydrogen-bond donors (Lipinski definition) is 5. The van der Waals surface area contributed by atoms with E-state index in [-0.39, 0.29) is 43.8 Å². The molecule has 0 radical (unpaired) electrons. The van der Waals surface area contributed by atoms with Crippen LogP contribution < -0.4 is 0 Å². The number of aliphatic hydroxyl groups is 5. The van der Waals surface area contributed by atoms with Gasteiger partial charge in [0.1, 0.15) is 65.6 Å². The smallest absolute Gasteiger partial charge is 0.340 e. The number of pyridine rings is 1. The number of nitrogens with zero attached hydrogens (tertiary/aromatic N) is 1. The highest BCUT2D eigenvalue weighted by Gasteiger charge is 2.81. The van der Waals surface area contributed by atoms with Crippen molar-refractivity contribution in [1.82, 2.24) is 4.98 Å². The lowest BCUT2D eigenvalue weighted by Gasteiger charge is -2.67. The van der Waals surface area contributed by atoms with Gasteiger partial charge in [-0.25, -0.2) is 9.59 Å². The van der Waals surface area contributed by atoms with Crippen molar-refractivity contribution in [3.63, 3.8) is 0 Å². The number of esters is 2. The lowest BCUT2D eigenvalue weighted by molar-refractivity contribution is -0.356. The van der Waals surface area contributed by atoms with E-state index in [9.17, 15) is 35.1 Å². The van der Waals surface area contributed by atoms with Crippen LogP contribution in [0.4, 0.5) is 0 Å². The van der Waals surface area contributed by atoms with E-state index in [1.165, 1.54) is 25.6 Å². The van der Waals surface area contributed by atoms with Crippen molar-refractivity contribution in [2.75, 3.05) is 28.4 Å². The molecular weight excluding hydrogens is 1120 g/mol. The summed E-state index contributed by atoms with van der Waals surface area (Å²) in [4.78, 5) is 31.5. The molecule has 4 saturated heterocycles. The van der Waals surface area contributed by atoms with Gasteiger partial charge in [0, 0.05) is 72.1 Å². The average molecular weight is 1210 g/mol. The van der Waals surface area contributed by atoms with Crippen molar-refractivity contribution < 1.29 is 101 Å². The van der Waals surface area contributed by atoms with E-state index >= 15 is 0 Å². The first kappa shape index (κ1) is 65.1. The van der Waals surface area contributed by atoms with Crippen molar-refractivity contribution in [2.24, 2.45) is 16.7 Å². The molecule has 2 aromatic rings. The Morgan fingerprint density at radius 2 is 1.28 bits per heavy atom. The molecule has 5 N–H and O–H groups in total. The third-order valence-electron chi connectivity index (χ3n) is 21.0. The maximum atomic E-state index is 14.0. The zero-order valence-corrected chi connectivity index (χ0v) is 51.3. The summed E-state index contributed by atoms with van der Waals surface area (Å²) in [5.74, 6) is -2.03. The van der Waals surface area contributed by atoms with Gasteiger partial charge in [0.25, 0.3) is 0 Å². The van der Waals surface area contributed by atoms with Gasteiger partial charge in [-0.05, 0) is 109 Å². The van der Waals surface area contributed by atoms with Crippen LogP contribution in [0.5, 0.6) is 0 Å². The van der Waals surface area contributed by atoms with Gasteiger partial charge in [-0.3, -0.25) is 4.98 Å². The Morgan fingerprint density at radius 3 is 1.85 bits per heavy atom. The van der Waals surface area contributed by atoms with Crippen LogP contribution in [0.3, 0.4) is 0 Å². The van der Waals surface area contributed by atoms with Crippen LogP contribution in [0.1, 0.15) is 129 Å². The van der Waals surface area contributed by atoms with Gasteiger partial charge >= 0.3 is 11.9 Å². The first-order valence-corrected chi connectivity index (χ1v) is 30.6. The normalized spacial score (nSPS) is 45.5. The van der Waals surface area contributed by atoms with Crippen LogP contribution in [0.2, 0.25) is 0 Å². The molecule has 1 aromatic heterocycles. The van der Waals surface area contributed by atoms with Gasteiger partial charge in [-0.15, -0.1) is 0 Å². The maximum absolute atomic E-state index is 14.0. The molecule has 0 spiro atoms. The fraction of sp³-hybridized carbons (Fsp3) is 0.734. The van der Waals surface area contributed by atoms with E-state index in [4.69, 9.17) is 66.3 Å². The van der Waals surface area contributed by atoms with E-state index in [2.05, 4.69) is 11.9 Å². The molecule has 3 saturated carbocycles. The lowest BCUT2D eigenvalue weighted by Crippen LogP contribution is -2.78. The summed E-state index contributed by atoms with van der Waals surface area (Å²) >= 11 is 0. The Bertz CT molecular complexity index is 2690. The number of ether oxygens (including phenoxy) is 14. The number of fused-ring (bicyclic) bond motifs is 5. The third kappa shape index (κ3) is 11.9. The molecular formula is C64H91NO21. The second-order valence-corrected chi connectivity index (χ2v) is 25.5. The van der Waals surface area contributed by atoms with Crippen LogP contribution in [0, 0.1) is 16.7 Å². The van der Waals surface area contributed by atoms with E-state index in [0.29, 0.717) is 32.1 Å². The Balaban J connectivity index is 0.776. The molecule has 22 nitrogen and oxygen atoms in total. The van der Waals surface area contributed by atoms with Crippen molar-refractivity contribution in [1.29, 1.82) is 0 Å². The maximum Gasteiger partial charge on any atom is 0.340 e. The molecule has 22 heteroatoms. The number of aliphatic hydroxyl groups excluding tert-OH is 2. The lowest BCUT2D eigenvalue weighted by atomic mass is 9.42. The summed E-state index contributed by atoms with van der Waals surface area (Å²) in [7, 11) is 6.24. The second-order valence-electron chi connectivity index (χ2n) is 25.5. The summed E-state index contributed by atoms with van der Waals surface area (Å²) in [6.07, 6.45) is -3.73. The Kier molecular flexibility index (Phi) is 19.8. The summed E-state index contributed by atoms with van der Waals surface area (Å²) in [6, 6.07) is 12.5. The summed E-state index contributed by atoms with van der Waals surface area (Å²) in [5.41, 5.74) is -6.17. The molecule has 1 aromatic carbocycles. The largest absolute Gasteiger partial charge is 0.458 e. The zero-order chi connectivity index (χ0) is 61.7. The fourth-order valence-electron chi connectivity index (χ4n) is 16.0. The van der Waals surface area contributed by atoms with Crippen LogP contribution >= 0.6 is 0 Å². The molecule has 26 atom stereocenters. The van der Waals surface area contributed by atoms with Gasteiger partial charge in [-0.1, -0.05) is 55.8 Å². The summed E-state index contributed by atoms with van der Waals surface area (Å²) in [5, 5.41) is 61.2. The second kappa shape index (κ2) is 26.1. The predicted molar refractivity (Wildman–Crippen MR) is 305 cm³/mol. The molecule has 4 aliphatic heterocycles. The van der Waals surface area contributed by atoms with E-state index in [1.54, 1.807) is 60.3 Å². The van der Waals surface area contributed by atoms with Gasteiger partial charge in [0.2, 0.25) is 0 Å². The minimum atomic E-state index is -2.02. The number of rotatable bonds is 18. The van der Waals surface area contributed by atoms with Crippen molar-refractivity contribution in [2.45, 2.75) is 252 Å². The quantitative estimate of drug-likeness (QED) is 0.0723. The van der Waals surface area contributed by atoms with Crippen LogP contribution in [0.25, 0.3) is 6.08 Å². The molecule has 4 aliphatic carbocycles. The molecule has 5 heterocycles. The van der Waals surface area contributed by atoms with Gasteiger partial charge in [-0.2, -0.15) is 0 Å². The molecule has 0 bridgehead atoms. The van der Waals surface area contributed by atoms with Crippen LogP contribution in [-0.2, 0) is 71.1 Å². The topological polar surface area (TPSA) is 277 Å². The Labute approximate surface area is 504 Å². The highest BCUT2D eigenvalue weighted by atomic mass is 16.8. The fourth-order valence-corrected chi connectivity index (χ4v) is 16.0. The van der Waals surface area contributed by atoms with Crippen LogP contribution in [-0.4, -0.2) is 211 Å². The molecule has 7 fully saturated rings. The number of carbonyl (C=O) groups is 2. The molecule has 10 rings (SSSR count). The molecule has 86 heavy (non-hydrogen) atoms. The van der Waals surface area contributed by atoms with Gasteiger partial charge < -0.3 is 91.8 Å². The number of carbonyl (C=O) groups excluding carboxylic acids is 2. The van der Waals surface area contributed by atoms with Crippen molar-refractivity contribution in [3.8, 4) is 0 Å². The van der Waals surface area contributed by atoms with Crippen molar-refractivity contribution in [3.05, 3.63) is 83.7 Å². The average Bonchev–Trinajstić information content (AvgIpc) is 1.37. The first-order chi connectivity index (χ1) is 40.9. The molecule has 8 aliphatic rings. The number of methoxy groups -OCH3 is 4. The standard InChI is InChI=1S/C64H91NO21/c1-34-52(67)57(76-11)53(68)59(80-34)86-56-37(4)79-51(31-45(56)75-10)85-55-36(3)78-50(30-44(55)74-9)84-54-35(2)77-49(29-43(54)73-8)82-42-22-23-60(6)41(28-42)21-24-63(71)46(60)32-47(83-48(66)20-19-39-16-13-12-14-17-39)61(7)62(70,25-26-64(61,63)72)38(5)81-58(69)40-18-15-27-65-33-40/h12-21,27,33-38,42-47,49-57,59,67-68,70-72H,22-26,28-32H2,1-11H3/b20-19+/t34-,35-,36-,37-,38+,42+,43+,44+,45-,46-,47-,49+,50+,51+,52-,53-,54-,55-,56-,57+,59+,60+,61-,62-,63+,64-/m1/s1. The minimum absolute atomic E-state index is 0.0559. The summed E-state index contributed by atoms with van der Waals surface area (Å²) in [6.45, 7) is 12.7. The van der Waals surface area contributed by atoms with Gasteiger partial charge in [0.15, 0.2) is 25.2 Å². The number of hydrogen-bond acceptors (Lipinski definition) is 22. The van der Waals surface area contributed by atoms with Gasteiger partial charge in [0.05, 0.1) is 59.8 Å². The zero-order valence-electron chi connectivity index (χ0n) is 51.3. The molecule has 0 amide bonds. The molecule has 478 valence electrons.